The van der Waals surface area contributed by atoms with Crippen molar-refractivity contribution >= 4 is 28.4 Å². The summed E-state index contributed by atoms with van der Waals surface area (Å²) in [5, 5.41) is 10.0. The first-order chi connectivity index (χ1) is 14.0. The first-order valence-electron chi connectivity index (χ1n) is 9.38. The van der Waals surface area contributed by atoms with Gasteiger partial charge in [0.15, 0.2) is 16.8 Å². The lowest BCUT2D eigenvalue weighted by Gasteiger charge is -2.12. The molecule has 0 radical (unpaired) electrons. The summed E-state index contributed by atoms with van der Waals surface area (Å²) < 4.78 is 7.37. The molecule has 0 aliphatic heterocycles. The van der Waals surface area contributed by atoms with Gasteiger partial charge in [0.1, 0.15) is 5.76 Å². The van der Waals surface area contributed by atoms with Gasteiger partial charge in [-0.1, -0.05) is 36.0 Å². The number of ketones is 1. The molecule has 0 unspecified atom stereocenters. The van der Waals surface area contributed by atoms with E-state index in [0.717, 1.165) is 33.5 Å². The highest BCUT2D eigenvalue weighted by Crippen LogP contribution is 2.32. The summed E-state index contributed by atoms with van der Waals surface area (Å²) in [4.78, 5) is 16.6. The van der Waals surface area contributed by atoms with E-state index in [1.165, 1.54) is 11.8 Å². The number of fused-ring (bicyclic) bond motifs is 1. The van der Waals surface area contributed by atoms with Crippen LogP contribution < -0.4 is 0 Å². The fraction of sp³-hybridized carbons (Fsp3) is 0.227. The number of nitrogens with one attached hydrogen (secondary N) is 1. The smallest absolute Gasteiger partial charge is 0.192 e. The van der Waals surface area contributed by atoms with Crippen molar-refractivity contribution in [3.63, 3.8) is 0 Å². The standard InChI is InChI=1S/C22H22N4O2S/c1-5-11-26-21(16-10-12-28-14(16)3)24-25-22(26)29-15(4)20(27)19-13(2)23-18-9-7-6-8-17(18)19/h5-10,12,15,23H,1,11H2,2-4H3/t15-/m1/s1. The summed E-state index contributed by atoms with van der Waals surface area (Å²) in [6.45, 7) is 10.1. The second kappa shape index (κ2) is 7.75. The van der Waals surface area contributed by atoms with Crippen LogP contribution in [0.5, 0.6) is 0 Å². The predicted octanol–water partition coefficient (Wildman–Crippen LogP) is 5.19. The minimum absolute atomic E-state index is 0.0687. The van der Waals surface area contributed by atoms with Crippen LogP contribution >= 0.6 is 11.8 Å². The lowest BCUT2D eigenvalue weighted by atomic mass is 10.1. The molecule has 3 aromatic heterocycles. The molecule has 4 aromatic rings. The number of allylic oxidation sites excluding steroid dienone is 1. The zero-order chi connectivity index (χ0) is 20.5. The van der Waals surface area contributed by atoms with Crippen LogP contribution in [0, 0.1) is 13.8 Å². The first-order valence-corrected chi connectivity index (χ1v) is 10.3. The van der Waals surface area contributed by atoms with Gasteiger partial charge in [-0.15, -0.1) is 16.8 Å². The van der Waals surface area contributed by atoms with Crippen LogP contribution in [0.2, 0.25) is 0 Å². The van der Waals surface area contributed by atoms with Crippen molar-refractivity contribution in [1.82, 2.24) is 19.7 Å². The highest BCUT2D eigenvalue weighted by atomic mass is 32.2. The molecule has 1 aromatic carbocycles. The maximum absolute atomic E-state index is 13.3. The van der Waals surface area contributed by atoms with Crippen molar-refractivity contribution in [2.75, 3.05) is 0 Å². The fourth-order valence-corrected chi connectivity index (χ4v) is 4.41. The van der Waals surface area contributed by atoms with Crippen molar-refractivity contribution in [2.24, 2.45) is 0 Å². The Balaban J connectivity index is 1.66. The number of carbonyl (C=O) groups is 1. The van der Waals surface area contributed by atoms with Gasteiger partial charge in [-0.25, -0.2) is 0 Å². The summed E-state index contributed by atoms with van der Waals surface area (Å²) in [6, 6.07) is 9.74. The molecular weight excluding hydrogens is 384 g/mol. The summed E-state index contributed by atoms with van der Waals surface area (Å²) in [6.07, 6.45) is 3.43. The van der Waals surface area contributed by atoms with Gasteiger partial charge in [0.2, 0.25) is 0 Å². The number of hydrogen-bond acceptors (Lipinski definition) is 5. The van der Waals surface area contributed by atoms with Crippen LogP contribution in [0.1, 0.15) is 28.7 Å². The monoisotopic (exact) mass is 406 g/mol. The molecule has 4 rings (SSSR count). The zero-order valence-electron chi connectivity index (χ0n) is 16.6. The fourth-order valence-electron chi connectivity index (χ4n) is 3.49. The van der Waals surface area contributed by atoms with Gasteiger partial charge in [0.05, 0.1) is 17.1 Å². The quantitative estimate of drug-likeness (QED) is 0.260. The molecule has 0 spiro atoms. The maximum atomic E-state index is 13.3. The van der Waals surface area contributed by atoms with Gasteiger partial charge < -0.3 is 9.40 Å². The SMILES string of the molecule is C=CCn1c(S[C@H](C)C(=O)c2c(C)[nH]c3ccccc23)nnc1-c1ccoc1C. The number of Topliss-reactive ketones (excluding diaryl/α,β-unsaturated/α-hetero) is 1. The molecule has 0 bridgehead atoms. The number of benzene rings is 1. The molecule has 0 aliphatic carbocycles. The van der Waals surface area contributed by atoms with Crippen LogP contribution in [0.15, 0.2) is 58.8 Å². The van der Waals surface area contributed by atoms with Crippen LogP contribution in [0.25, 0.3) is 22.3 Å². The number of hydrogen-bond donors (Lipinski definition) is 1. The molecule has 148 valence electrons. The Morgan fingerprint density at radius 2 is 2.10 bits per heavy atom. The van der Waals surface area contributed by atoms with Gasteiger partial charge in [0.25, 0.3) is 0 Å². The number of furan rings is 1. The number of H-pyrrole nitrogens is 1. The molecular formula is C22H22N4O2S. The average Bonchev–Trinajstić information content (AvgIpc) is 3.38. The van der Waals surface area contributed by atoms with E-state index in [9.17, 15) is 4.79 Å². The van der Waals surface area contributed by atoms with E-state index in [1.807, 2.05) is 55.7 Å². The van der Waals surface area contributed by atoms with Gasteiger partial charge in [0, 0.05) is 28.7 Å². The van der Waals surface area contributed by atoms with E-state index in [-0.39, 0.29) is 11.0 Å². The number of carbonyl (C=O) groups excluding carboxylic acids is 1. The predicted molar refractivity (Wildman–Crippen MR) is 115 cm³/mol. The second-order valence-corrected chi connectivity index (χ2v) is 8.20. The Labute approximate surface area is 173 Å². The largest absolute Gasteiger partial charge is 0.469 e. The van der Waals surface area contributed by atoms with E-state index in [2.05, 4.69) is 21.8 Å². The van der Waals surface area contributed by atoms with Crippen LogP contribution in [-0.4, -0.2) is 30.8 Å². The summed E-state index contributed by atoms with van der Waals surface area (Å²) >= 11 is 1.41. The Morgan fingerprint density at radius 1 is 1.31 bits per heavy atom. The Kier molecular flexibility index (Phi) is 5.15. The third-order valence-corrected chi connectivity index (χ3v) is 6.00. The first kappa shape index (κ1) is 19.3. The molecule has 1 N–H and O–H groups in total. The minimum atomic E-state index is -0.320. The van der Waals surface area contributed by atoms with Gasteiger partial charge >= 0.3 is 0 Å². The number of aromatic amines is 1. The molecule has 3 heterocycles. The van der Waals surface area contributed by atoms with E-state index in [0.29, 0.717) is 17.5 Å². The molecule has 0 saturated carbocycles. The molecule has 1 atom stereocenters. The molecule has 0 aliphatic rings. The third-order valence-electron chi connectivity index (χ3n) is 4.92. The Morgan fingerprint density at radius 3 is 2.83 bits per heavy atom. The molecule has 29 heavy (non-hydrogen) atoms. The lowest BCUT2D eigenvalue weighted by molar-refractivity contribution is 0.0995. The van der Waals surface area contributed by atoms with E-state index in [1.54, 1.807) is 12.3 Å². The normalized spacial score (nSPS) is 12.4. The van der Waals surface area contributed by atoms with Crippen molar-refractivity contribution in [1.29, 1.82) is 0 Å². The van der Waals surface area contributed by atoms with Crippen LogP contribution in [-0.2, 0) is 6.54 Å². The number of aryl methyl sites for hydroxylation is 2. The van der Waals surface area contributed by atoms with E-state index in [4.69, 9.17) is 4.42 Å². The topological polar surface area (TPSA) is 76.7 Å². The van der Waals surface area contributed by atoms with E-state index < -0.39 is 0 Å². The highest BCUT2D eigenvalue weighted by molar-refractivity contribution is 8.00. The molecule has 7 heteroatoms. The van der Waals surface area contributed by atoms with E-state index >= 15 is 0 Å². The summed E-state index contributed by atoms with van der Waals surface area (Å²) in [5.74, 6) is 1.55. The zero-order valence-corrected chi connectivity index (χ0v) is 17.4. The number of rotatable bonds is 7. The molecule has 6 nitrogen and oxygen atoms in total. The number of nitrogens with zero attached hydrogens (tertiary/aromatic N) is 3. The van der Waals surface area contributed by atoms with Gasteiger partial charge in [-0.3, -0.25) is 9.36 Å². The number of thioether (sulfide) groups is 1. The van der Waals surface area contributed by atoms with Crippen molar-refractivity contribution in [3.05, 3.63) is 66.3 Å². The van der Waals surface area contributed by atoms with Crippen molar-refractivity contribution in [3.8, 4) is 11.4 Å². The molecule has 0 saturated heterocycles. The van der Waals surface area contributed by atoms with Crippen molar-refractivity contribution in [2.45, 2.75) is 37.7 Å². The number of para-hydroxylation sites is 1. The van der Waals surface area contributed by atoms with Gasteiger partial charge in [-0.05, 0) is 32.9 Å². The van der Waals surface area contributed by atoms with Crippen LogP contribution in [0.3, 0.4) is 0 Å². The lowest BCUT2D eigenvalue weighted by Crippen LogP contribution is -2.15. The highest BCUT2D eigenvalue weighted by Gasteiger charge is 2.25. The average molecular weight is 407 g/mol. The second-order valence-electron chi connectivity index (χ2n) is 6.89. The maximum Gasteiger partial charge on any atom is 0.192 e. The molecule has 0 fully saturated rings. The van der Waals surface area contributed by atoms with Crippen LogP contribution in [0.4, 0.5) is 0 Å². The summed E-state index contributed by atoms with van der Waals surface area (Å²) in [7, 11) is 0. The van der Waals surface area contributed by atoms with Gasteiger partial charge in [-0.2, -0.15) is 0 Å². The number of aromatic nitrogens is 4. The molecule has 0 amide bonds. The summed E-state index contributed by atoms with van der Waals surface area (Å²) in [5.41, 5.74) is 3.47. The minimum Gasteiger partial charge on any atom is -0.469 e. The Bertz CT molecular complexity index is 1200. The van der Waals surface area contributed by atoms with Crippen molar-refractivity contribution < 1.29 is 9.21 Å². The Hall–Kier alpha value is -3.06. The third kappa shape index (κ3) is 3.42.